The number of methoxy groups -OCH3 is 1. The second kappa shape index (κ2) is 7.81. The Morgan fingerprint density at radius 2 is 1.92 bits per heavy atom. The predicted molar refractivity (Wildman–Crippen MR) is 99.1 cm³/mol. The third kappa shape index (κ3) is 3.80. The van der Waals surface area contributed by atoms with Gasteiger partial charge in [-0.15, -0.1) is 6.58 Å². The number of thiazole rings is 1. The molecule has 0 atom stereocenters. The van der Waals surface area contributed by atoms with Crippen molar-refractivity contribution >= 4 is 27.5 Å². The van der Waals surface area contributed by atoms with Gasteiger partial charge >= 0.3 is 0 Å². The lowest BCUT2D eigenvalue weighted by Crippen LogP contribution is -2.19. The molecule has 1 amide bonds. The zero-order valence-corrected chi connectivity index (χ0v) is 14.7. The summed E-state index contributed by atoms with van der Waals surface area (Å²) in [7, 11) is 1.56. The molecular weight excluding hydrogens is 336 g/mol. The molecule has 2 aromatic carbocycles. The molecule has 0 aliphatic rings. The molecular formula is C19H18N2O3S. The van der Waals surface area contributed by atoms with Gasteiger partial charge in [0.1, 0.15) is 0 Å². The molecule has 0 fully saturated rings. The van der Waals surface area contributed by atoms with Gasteiger partial charge in [0, 0.05) is 6.54 Å². The van der Waals surface area contributed by atoms with Gasteiger partial charge in [-0.1, -0.05) is 41.7 Å². The number of carbonyl (C=O) groups is 1. The van der Waals surface area contributed by atoms with Gasteiger partial charge in [-0.05, 0) is 24.3 Å². The summed E-state index contributed by atoms with van der Waals surface area (Å²) in [5, 5.41) is 0. The summed E-state index contributed by atoms with van der Waals surface area (Å²) >= 11 is 1.47. The van der Waals surface area contributed by atoms with Crippen molar-refractivity contribution in [2.45, 2.75) is 6.54 Å². The third-order valence-electron chi connectivity index (χ3n) is 3.54. The number of nitrogens with zero attached hydrogens (tertiary/aromatic N) is 2. The molecule has 0 unspecified atom stereocenters. The molecule has 128 valence electrons. The molecule has 0 spiro atoms. The molecule has 3 rings (SSSR count). The van der Waals surface area contributed by atoms with E-state index >= 15 is 0 Å². The molecule has 1 aromatic heterocycles. The van der Waals surface area contributed by atoms with Crippen LogP contribution in [0.3, 0.4) is 0 Å². The predicted octanol–water partition coefficient (Wildman–Crippen LogP) is 3.40. The fraction of sp³-hybridized carbons (Fsp3) is 0.158. The number of hydrogen-bond donors (Lipinski definition) is 0. The average molecular weight is 354 g/mol. The number of para-hydroxylation sites is 3. The monoisotopic (exact) mass is 354 g/mol. The maximum absolute atomic E-state index is 12.3. The normalized spacial score (nSPS) is 11.5. The van der Waals surface area contributed by atoms with Gasteiger partial charge in [0.25, 0.3) is 5.91 Å². The second-order valence-corrected chi connectivity index (χ2v) is 6.21. The molecule has 0 aliphatic heterocycles. The molecule has 1 heterocycles. The van der Waals surface area contributed by atoms with Crippen LogP contribution in [0.15, 0.2) is 66.2 Å². The smallest absolute Gasteiger partial charge is 0.286 e. The topological polar surface area (TPSA) is 52.8 Å². The molecule has 3 aromatic rings. The van der Waals surface area contributed by atoms with Crippen molar-refractivity contribution < 1.29 is 14.3 Å². The molecule has 25 heavy (non-hydrogen) atoms. The number of rotatable bonds is 6. The highest BCUT2D eigenvalue weighted by Gasteiger charge is 2.09. The van der Waals surface area contributed by atoms with Crippen LogP contribution in [0.25, 0.3) is 10.2 Å². The van der Waals surface area contributed by atoms with Gasteiger partial charge in [0.05, 0.1) is 17.3 Å². The first-order valence-corrected chi connectivity index (χ1v) is 8.57. The number of benzene rings is 2. The van der Waals surface area contributed by atoms with Gasteiger partial charge in [-0.3, -0.25) is 4.79 Å². The van der Waals surface area contributed by atoms with Gasteiger partial charge in [0.15, 0.2) is 22.9 Å². The van der Waals surface area contributed by atoms with Crippen molar-refractivity contribution in [3.05, 3.63) is 66.0 Å². The minimum atomic E-state index is -0.352. The van der Waals surface area contributed by atoms with Crippen molar-refractivity contribution in [3.8, 4) is 11.5 Å². The van der Waals surface area contributed by atoms with E-state index in [0.717, 1.165) is 10.2 Å². The Hall–Kier alpha value is -2.86. The van der Waals surface area contributed by atoms with Crippen molar-refractivity contribution in [2.24, 2.45) is 4.99 Å². The molecule has 6 heteroatoms. The maximum atomic E-state index is 12.3. The summed E-state index contributed by atoms with van der Waals surface area (Å²) < 4.78 is 13.8. The third-order valence-corrected chi connectivity index (χ3v) is 4.60. The Labute approximate surface area is 149 Å². The zero-order chi connectivity index (χ0) is 17.6. The van der Waals surface area contributed by atoms with Gasteiger partial charge in [-0.2, -0.15) is 4.99 Å². The Balaban J connectivity index is 1.85. The zero-order valence-electron chi connectivity index (χ0n) is 13.8. The van der Waals surface area contributed by atoms with Crippen LogP contribution in [0.1, 0.15) is 0 Å². The van der Waals surface area contributed by atoms with E-state index in [4.69, 9.17) is 9.47 Å². The van der Waals surface area contributed by atoms with Gasteiger partial charge < -0.3 is 14.0 Å². The van der Waals surface area contributed by atoms with E-state index in [0.29, 0.717) is 22.8 Å². The van der Waals surface area contributed by atoms with Crippen molar-refractivity contribution in [1.29, 1.82) is 0 Å². The van der Waals surface area contributed by atoms with Crippen LogP contribution in [0.2, 0.25) is 0 Å². The number of amides is 1. The number of ether oxygens (including phenoxy) is 2. The van der Waals surface area contributed by atoms with Crippen LogP contribution in [-0.2, 0) is 11.3 Å². The van der Waals surface area contributed by atoms with Crippen LogP contribution in [0.5, 0.6) is 11.5 Å². The molecule has 0 N–H and O–H groups in total. The number of carbonyl (C=O) groups excluding carboxylic acids is 1. The highest BCUT2D eigenvalue weighted by atomic mass is 32.1. The van der Waals surface area contributed by atoms with E-state index in [1.807, 2.05) is 41.0 Å². The number of allylic oxidation sites excluding steroid dienone is 1. The Bertz CT molecular complexity index is 972. The molecule has 0 saturated carbocycles. The molecule has 5 nitrogen and oxygen atoms in total. The average Bonchev–Trinajstić information content (AvgIpc) is 2.98. The quantitative estimate of drug-likeness (QED) is 0.638. The molecule has 0 bridgehead atoms. The van der Waals surface area contributed by atoms with Crippen molar-refractivity contribution in [1.82, 2.24) is 4.57 Å². The first-order chi connectivity index (χ1) is 12.2. The van der Waals surface area contributed by atoms with Crippen LogP contribution in [0, 0.1) is 0 Å². The summed E-state index contributed by atoms with van der Waals surface area (Å²) in [6.07, 6.45) is 1.79. The van der Waals surface area contributed by atoms with Crippen molar-refractivity contribution in [3.63, 3.8) is 0 Å². The lowest BCUT2D eigenvalue weighted by atomic mass is 10.3. The van der Waals surface area contributed by atoms with E-state index in [1.54, 1.807) is 25.3 Å². The van der Waals surface area contributed by atoms with E-state index in [-0.39, 0.29) is 12.5 Å². The summed E-state index contributed by atoms with van der Waals surface area (Å²) in [6.45, 7) is 4.21. The van der Waals surface area contributed by atoms with Crippen molar-refractivity contribution in [2.75, 3.05) is 13.7 Å². The number of fused-ring (bicyclic) bond motifs is 1. The van der Waals surface area contributed by atoms with Gasteiger partial charge in [0.2, 0.25) is 0 Å². The van der Waals surface area contributed by atoms with E-state index < -0.39 is 0 Å². The Morgan fingerprint density at radius 1 is 1.20 bits per heavy atom. The van der Waals surface area contributed by atoms with E-state index in [1.165, 1.54) is 11.3 Å². The summed E-state index contributed by atoms with van der Waals surface area (Å²) in [5.41, 5.74) is 1.03. The van der Waals surface area contributed by atoms with Crippen LogP contribution >= 0.6 is 11.3 Å². The minimum Gasteiger partial charge on any atom is -0.493 e. The summed E-state index contributed by atoms with van der Waals surface area (Å²) in [4.78, 5) is 17.1. The standard InChI is InChI=1S/C19H18N2O3S/c1-3-12-21-14-8-4-7-11-17(14)25-19(21)20-18(22)13-24-16-10-6-5-9-15(16)23-2/h3-11H,1,12-13H2,2H3. The largest absolute Gasteiger partial charge is 0.493 e. The molecule has 0 aliphatic carbocycles. The van der Waals surface area contributed by atoms with E-state index in [2.05, 4.69) is 11.6 Å². The second-order valence-electron chi connectivity index (χ2n) is 5.20. The summed E-state index contributed by atoms with van der Waals surface area (Å²) in [6, 6.07) is 15.1. The SMILES string of the molecule is C=CCn1c(=NC(=O)COc2ccccc2OC)sc2ccccc21. The fourth-order valence-electron chi connectivity index (χ4n) is 2.43. The highest BCUT2D eigenvalue weighted by molar-refractivity contribution is 7.16. The minimum absolute atomic E-state index is 0.150. The van der Waals surface area contributed by atoms with Gasteiger partial charge in [-0.25, -0.2) is 0 Å². The first-order valence-electron chi connectivity index (χ1n) is 7.75. The number of hydrogen-bond acceptors (Lipinski definition) is 4. The molecule has 0 radical (unpaired) electrons. The Kier molecular flexibility index (Phi) is 5.30. The molecule has 0 saturated heterocycles. The summed E-state index contributed by atoms with van der Waals surface area (Å²) in [5.74, 6) is 0.748. The fourth-order valence-corrected chi connectivity index (χ4v) is 3.48. The van der Waals surface area contributed by atoms with Crippen LogP contribution < -0.4 is 14.3 Å². The lowest BCUT2D eigenvalue weighted by Gasteiger charge is -2.08. The first kappa shape index (κ1) is 17.0. The van der Waals surface area contributed by atoms with Crippen LogP contribution in [0.4, 0.5) is 0 Å². The highest BCUT2D eigenvalue weighted by Crippen LogP contribution is 2.25. The lowest BCUT2D eigenvalue weighted by molar-refractivity contribution is -0.120. The Morgan fingerprint density at radius 3 is 2.68 bits per heavy atom. The van der Waals surface area contributed by atoms with E-state index in [9.17, 15) is 4.79 Å². The maximum Gasteiger partial charge on any atom is 0.286 e. The number of aromatic nitrogens is 1. The van der Waals surface area contributed by atoms with Crippen LogP contribution in [-0.4, -0.2) is 24.2 Å².